The highest BCUT2D eigenvalue weighted by Crippen LogP contribution is 2.39. The molecule has 1 amide bonds. The van der Waals surface area contributed by atoms with Gasteiger partial charge < -0.3 is 10.4 Å². The molecule has 0 atom stereocenters. The Morgan fingerprint density at radius 3 is 2.67 bits per heavy atom. The molecule has 0 spiro atoms. The van der Waals surface area contributed by atoms with E-state index in [1.54, 1.807) is 6.07 Å². The van der Waals surface area contributed by atoms with Crippen LogP contribution in [0.2, 0.25) is 0 Å². The quantitative estimate of drug-likeness (QED) is 0.742. The minimum absolute atomic E-state index is 0.282. The van der Waals surface area contributed by atoms with E-state index in [-0.39, 0.29) is 5.69 Å². The lowest BCUT2D eigenvalue weighted by Gasteiger charge is -2.37. The fourth-order valence-corrected chi connectivity index (χ4v) is 2.26. The van der Waals surface area contributed by atoms with E-state index < -0.39 is 17.4 Å². The first kappa shape index (κ1) is 11.3. The Hall–Kier alpha value is -1.85. The van der Waals surface area contributed by atoms with Gasteiger partial charge in [-0.15, -0.1) is 0 Å². The van der Waals surface area contributed by atoms with Crippen LogP contribution in [-0.2, 0) is 4.79 Å². The second kappa shape index (κ2) is 3.83. The Morgan fingerprint density at radius 2 is 2.17 bits per heavy atom. The van der Waals surface area contributed by atoms with Gasteiger partial charge in [0.05, 0.1) is 0 Å². The van der Waals surface area contributed by atoms with Gasteiger partial charge in [0.15, 0.2) is 0 Å². The van der Waals surface area contributed by atoms with Gasteiger partial charge in [0.25, 0.3) is 5.91 Å². The van der Waals surface area contributed by atoms with Gasteiger partial charge in [-0.2, -0.15) is 5.10 Å². The number of carboxylic acid groups (broad SMARTS) is 1. The molecule has 3 rings (SSSR count). The maximum Gasteiger partial charge on any atom is 0.329 e. The molecule has 6 heteroatoms. The van der Waals surface area contributed by atoms with Gasteiger partial charge in [0, 0.05) is 11.6 Å². The number of aromatic amines is 1. The van der Waals surface area contributed by atoms with Gasteiger partial charge in [-0.05, 0) is 38.2 Å². The Bertz CT molecular complexity index is 500. The van der Waals surface area contributed by atoms with Crippen molar-refractivity contribution in [2.45, 2.75) is 43.6 Å². The van der Waals surface area contributed by atoms with Crippen molar-refractivity contribution in [3.05, 3.63) is 17.5 Å². The van der Waals surface area contributed by atoms with Gasteiger partial charge in [-0.3, -0.25) is 9.89 Å². The zero-order valence-electron chi connectivity index (χ0n) is 9.90. The summed E-state index contributed by atoms with van der Waals surface area (Å²) in [7, 11) is 0. The first-order valence-electron chi connectivity index (χ1n) is 6.22. The molecular formula is C12H15N3O3. The van der Waals surface area contributed by atoms with E-state index in [2.05, 4.69) is 15.5 Å². The number of carbonyl (C=O) groups excluding carboxylic acids is 1. The molecule has 2 aliphatic rings. The Balaban J connectivity index is 1.71. The molecule has 0 bridgehead atoms. The molecule has 0 aromatic carbocycles. The van der Waals surface area contributed by atoms with Gasteiger partial charge >= 0.3 is 5.97 Å². The second-order valence-electron chi connectivity index (χ2n) is 5.18. The van der Waals surface area contributed by atoms with Crippen LogP contribution in [0.5, 0.6) is 0 Å². The van der Waals surface area contributed by atoms with Crippen molar-refractivity contribution in [1.82, 2.24) is 15.5 Å². The fourth-order valence-electron chi connectivity index (χ4n) is 2.26. The topological polar surface area (TPSA) is 95.1 Å². The highest BCUT2D eigenvalue weighted by molar-refractivity contribution is 5.96. The van der Waals surface area contributed by atoms with Gasteiger partial charge in [0.1, 0.15) is 11.2 Å². The van der Waals surface area contributed by atoms with Crippen LogP contribution in [-0.4, -0.2) is 32.7 Å². The third-order valence-corrected chi connectivity index (χ3v) is 3.82. The van der Waals surface area contributed by atoms with Crippen LogP contribution in [0.15, 0.2) is 6.07 Å². The average molecular weight is 249 g/mol. The maximum atomic E-state index is 12.0. The number of carbonyl (C=O) groups is 2. The summed E-state index contributed by atoms with van der Waals surface area (Å²) in [5.74, 6) is -0.864. The minimum Gasteiger partial charge on any atom is -0.480 e. The number of aromatic nitrogens is 2. The Labute approximate surface area is 104 Å². The summed E-state index contributed by atoms with van der Waals surface area (Å²) in [4.78, 5) is 23.1. The summed E-state index contributed by atoms with van der Waals surface area (Å²) in [6.07, 6.45) is 4.08. The monoisotopic (exact) mass is 249 g/mol. The molecule has 0 unspecified atom stereocenters. The molecule has 0 aliphatic heterocycles. The van der Waals surface area contributed by atoms with Crippen LogP contribution in [0.1, 0.15) is 54.2 Å². The van der Waals surface area contributed by atoms with Crippen molar-refractivity contribution in [2.24, 2.45) is 0 Å². The van der Waals surface area contributed by atoms with Crippen molar-refractivity contribution >= 4 is 11.9 Å². The normalized spacial score (nSPS) is 21.1. The highest BCUT2D eigenvalue weighted by atomic mass is 16.4. The number of hydrogen-bond acceptors (Lipinski definition) is 3. The molecule has 0 radical (unpaired) electrons. The van der Waals surface area contributed by atoms with Gasteiger partial charge in [0.2, 0.25) is 0 Å². The summed E-state index contributed by atoms with van der Waals surface area (Å²) in [6, 6.07) is 1.72. The van der Waals surface area contributed by atoms with Crippen LogP contribution in [0.4, 0.5) is 0 Å². The molecule has 2 fully saturated rings. The number of nitrogens with one attached hydrogen (secondary N) is 2. The number of H-pyrrole nitrogens is 1. The van der Waals surface area contributed by atoms with Crippen molar-refractivity contribution in [2.75, 3.05) is 0 Å². The average Bonchev–Trinajstić information content (AvgIpc) is 3.01. The number of aliphatic carboxylic acids is 1. The van der Waals surface area contributed by atoms with E-state index in [4.69, 9.17) is 5.11 Å². The number of rotatable bonds is 4. The molecule has 1 aromatic rings. The minimum atomic E-state index is -1.07. The molecule has 0 saturated heterocycles. The SMILES string of the molecule is O=C(NC1(C(=O)O)CCC1)c1cc(C2CC2)[nH]n1. The molecule has 2 saturated carbocycles. The van der Waals surface area contributed by atoms with E-state index in [0.29, 0.717) is 18.8 Å². The summed E-state index contributed by atoms with van der Waals surface area (Å²) in [5.41, 5.74) is 0.179. The lowest BCUT2D eigenvalue weighted by molar-refractivity contribution is -0.148. The maximum absolute atomic E-state index is 12.0. The van der Waals surface area contributed by atoms with E-state index in [0.717, 1.165) is 25.0 Å². The zero-order chi connectivity index (χ0) is 12.8. The summed E-state index contributed by atoms with van der Waals surface area (Å²) < 4.78 is 0. The predicted octanol–water partition coefficient (Wildman–Crippen LogP) is 1.02. The molecule has 6 nitrogen and oxygen atoms in total. The molecule has 18 heavy (non-hydrogen) atoms. The lowest BCUT2D eigenvalue weighted by Crippen LogP contribution is -2.59. The van der Waals surface area contributed by atoms with Crippen molar-refractivity contribution in [3.8, 4) is 0 Å². The number of hydrogen-bond donors (Lipinski definition) is 3. The smallest absolute Gasteiger partial charge is 0.329 e. The molecule has 96 valence electrons. The standard InChI is InChI=1S/C12H15N3O3/c16-10(13-12(11(17)18)4-1-5-12)9-6-8(14-15-9)7-2-3-7/h6-7H,1-5H2,(H,13,16)(H,14,15)(H,17,18). The van der Waals surface area contributed by atoms with Crippen LogP contribution >= 0.6 is 0 Å². The third kappa shape index (κ3) is 1.77. The second-order valence-corrected chi connectivity index (χ2v) is 5.18. The fraction of sp³-hybridized carbons (Fsp3) is 0.583. The first-order chi connectivity index (χ1) is 8.61. The zero-order valence-corrected chi connectivity index (χ0v) is 9.90. The Kier molecular flexibility index (Phi) is 2.39. The van der Waals surface area contributed by atoms with E-state index in [1.807, 2.05) is 0 Å². The highest BCUT2D eigenvalue weighted by Gasteiger charge is 2.46. The number of amides is 1. The summed E-state index contributed by atoms with van der Waals surface area (Å²) in [5, 5.41) is 18.5. The first-order valence-corrected chi connectivity index (χ1v) is 6.22. The van der Waals surface area contributed by atoms with E-state index in [9.17, 15) is 9.59 Å². The molecule has 2 aliphatic carbocycles. The molecule has 1 aromatic heterocycles. The summed E-state index contributed by atoms with van der Waals surface area (Å²) in [6.45, 7) is 0. The summed E-state index contributed by atoms with van der Waals surface area (Å²) >= 11 is 0. The van der Waals surface area contributed by atoms with Gasteiger partial charge in [-0.1, -0.05) is 0 Å². The Morgan fingerprint density at radius 1 is 1.44 bits per heavy atom. The van der Waals surface area contributed by atoms with E-state index in [1.165, 1.54) is 0 Å². The lowest BCUT2D eigenvalue weighted by atomic mass is 9.76. The number of nitrogens with zero attached hydrogens (tertiary/aromatic N) is 1. The van der Waals surface area contributed by atoms with Gasteiger partial charge in [-0.25, -0.2) is 4.79 Å². The van der Waals surface area contributed by atoms with Crippen LogP contribution in [0.25, 0.3) is 0 Å². The van der Waals surface area contributed by atoms with Crippen LogP contribution < -0.4 is 5.32 Å². The number of carboxylic acids is 1. The van der Waals surface area contributed by atoms with Crippen molar-refractivity contribution in [1.29, 1.82) is 0 Å². The van der Waals surface area contributed by atoms with Crippen LogP contribution in [0, 0.1) is 0 Å². The largest absolute Gasteiger partial charge is 0.480 e. The molecular weight excluding hydrogens is 234 g/mol. The molecule has 1 heterocycles. The van der Waals surface area contributed by atoms with Crippen LogP contribution in [0.3, 0.4) is 0 Å². The van der Waals surface area contributed by atoms with E-state index >= 15 is 0 Å². The molecule has 3 N–H and O–H groups in total. The third-order valence-electron chi connectivity index (χ3n) is 3.82. The van der Waals surface area contributed by atoms with Crippen molar-refractivity contribution in [3.63, 3.8) is 0 Å². The van der Waals surface area contributed by atoms with Crippen molar-refractivity contribution < 1.29 is 14.7 Å². The predicted molar refractivity (Wildman–Crippen MR) is 62.2 cm³/mol.